The molecule has 0 aromatic heterocycles. The molecular weight excluding hydrogens is 586 g/mol. The van der Waals surface area contributed by atoms with Crippen molar-refractivity contribution >= 4 is 17.6 Å². The van der Waals surface area contributed by atoms with Gasteiger partial charge in [0, 0.05) is 39.1 Å². The summed E-state index contributed by atoms with van der Waals surface area (Å²) in [6.45, 7) is 5.02. The predicted octanol–water partition coefficient (Wildman–Crippen LogP) is 3.75. The van der Waals surface area contributed by atoms with E-state index in [2.05, 4.69) is 15.8 Å². The molecule has 0 bridgehead atoms. The number of carbonyl (C=O) groups excluding carboxylic acids is 2. The first-order valence-electron chi connectivity index (χ1n) is 15.3. The van der Waals surface area contributed by atoms with Crippen LogP contribution in [0.25, 0.3) is 0 Å². The van der Waals surface area contributed by atoms with Crippen molar-refractivity contribution in [3.05, 3.63) is 63.7 Å². The Kier molecular flexibility index (Phi) is 12.6. The molecule has 3 unspecified atom stereocenters. The number of likely N-dealkylation sites (tertiary alicyclic amines) is 1. The van der Waals surface area contributed by atoms with E-state index in [-0.39, 0.29) is 57.5 Å². The van der Waals surface area contributed by atoms with E-state index >= 15 is 0 Å². The quantitative estimate of drug-likeness (QED) is 0.116. The number of anilines is 1. The van der Waals surface area contributed by atoms with Crippen LogP contribution < -0.4 is 14.4 Å². The van der Waals surface area contributed by atoms with Gasteiger partial charge in [0.15, 0.2) is 0 Å². The number of piperidine rings is 1. The lowest BCUT2D eigenvalue weighted by Gasteiger charge is -2.43. The van der Waals surface area contributed by atoms with Crippen LogP contribution >= 0.6 is 0 Å². The summed E-state index contributed by atoms with van der Waals surface area (Å²) in [5.41, 5.74) is 2.90. The number of rotatable bonds is 16. The molecule has 1 fully saturated rings. The molecule has 246 valence electrons. The third-order valence-electron chi connectivity index (χ3n) is 8.06. The van der Waals surface area contributed by atoms with Crippen molar-refractivity contribution in [3.63, 3.8) is 0 Å². The average molecular weight is 630 g/mol. The highest BCUT2D eigenvalue weighted by Gasteiger charge is 2.43. The molecule has 13 heteroatoms. The predicted molar refractivity (Wildman–Crippen MR) is 164 cm³/mol. The van der Waals surface area contributed by atoms with Crippen LogP contribution in [-0.4, -0.2) is 94.3 Å². The minimum Gasteiger partial charge on any atom is -0.497 e. The number of benzene rings is 2. The molecule has 1 amide bonds. The van der Waals surface area contributed by atoms with Crippen LogP contribution in [0.5, 0.6) is 11.5 Å². The summed E-state index contributed by atoms with van der Waals surface area (Å²) >= 11 is 0. The monoisotopic (exact) mass is 629 g/mol. The molecule has 2 aromatic carbocycles. The van der Waals surface area contributed by atoms with Gasteiger partial charge >= 0.3 is 5.97 Å². The average Bonchev–Trinajstić information content (AvgIpc) is 3.05. The molecule has 2 aliphatic heterocycles. The van der Waals surface area contributed by atoms with Gasteiger partial charge in [-0.05, 0) is 61.6 Å². The van der Waals surface area contributed by atoms with Gasteiger partial charge in [0.25, 0.3) is 5.09 Å². The fourth-order valence-electron chi connectivity index (χ4n) is 5.83. The van der Waals surface area contributed by atoms with Gasteiger partial charge < -0.3 is 38.3 Å². The van der Waals surface area contributed by atoms with Crippen LogP contribution in [0.1, 0.15) is 49.7 Å². The van der Waals surface area contributed by atoms with Gasteiger partial charge in [0.05, 0.1) is 45.3 Å². The smallest absolute Gasteiger partial charge is 0.328 e. The minimum atomic E-state index is -0.887. The number of hydrogen-bond acceptors (Lipinski definition) is 11. The van der Waals surface area contributed by atoms with Crippen LogP contribution in [0.3, 0.4) is 0 Å². The highest BCUT2D eigenvalue weighted by atomic mass is 16.9. The number of ether oxygens (including phenoxy) is 5. The van der Waals surface area contributed by atoms with Crippen molar-refractivity contribution < 1.29 is 43.2 Å². The minimum absolute atomic E-state index is 0.0204. The lowest BCUT2D eigenvalue weighted by Crippen LogP contribution is -2.55. The Balaban J connectivity index is 1.56. The number of carbonyl (C=O) groups is 2. The molecule has 0 aliphatic carbocycles. The Hall–Kier alpha value is -4.10. The molecule has 4 rings (SSSR count). The van der Waals surface area contributed by atoms with Crippen molar-refractivity contribution in [3.8, 4) is 11.5 Å². The molecule has 13 nitrogen and oxygen atoms in total. The zero-order valence-corrected chi connectivity index (χ0v) is 26.2. The van der Waals surface area contributed by atoms with E-state index in [1.54, 1.807) is 21.1 Å². The first-order chi connectivity index (χ1) is 21.8. The maximum atomic E-state index is 13.4. The second-order valence-electron chi connectivity index (χ2n) is 10.9. The third kappa shape index (κ3) is 9.21. The maximum absolute atomic E-state index is 13.4. The Morgan fingerprint density at radius 1 is 1.09 bits per heavy atom. The van der Waals surface area contributed by atoms with Crippen molar-refractivity contribution in [2.45, 2.75) is 57.3 Å². The van der Waals surface area contributed by atoms with E-state index in [4.69, 9.17) is 23.7 Å². The summed E-state index contributed by atoms with van der Waals surface area (Å²) in [5, 5.41) is 9.66. The summed E-state index contributed by atoms with van der Waals surface area (Å²) in [6, 6.07) is 12.8. The zero-order chi connectivity index (χ0) is 32.2. The second-order valence-corrected chi connectivity index (χ2v) is 10.9. The molecule has 0 radical (unpaired) electrons. The van der Waals surface area contributed by atoms with Crippen LogP contribution in [0.2, 0.25) is 0 Å². The van der Waals surface area contributed by atoms with Crippen molar-refractivity contribution in [1.29, 1.82) is 0 Å². The van der Waals surface area contributed by atoms with Crippen molar-refractivity contribution in [2.75, 3.05) is 65.2 Å². The van der Waals surface area contributed by atoms with Gasteiger partial charge in [-0.2, -0.15) is 0 Å². The van der Waals surface area contributed by atoms with Gasteiger partial charge in [-0.3, -0.25) is 4.79 Å². The molecule has 2 heterocycles. The number of hydrogen-bond donors (Lipinski definition) is 0. The summed E-state index contributed by atoms with van der Waals surface area (Å²) in [7, 11) is 3.29. The lowest BCUT2D eigenvalue weighted by molar-refractivity contribution is -0.757. The summed E-state index contributed by atoms with van der Waals surface area (Å²) in [6.07, 6.45) is 0.850. The van der Waals surface area contributed by atoms with E-state index in [9.17, 15) is 19.7 Å². The van der Waals surface area contributed by atoms with Gasteiger partial charge in [0.2, 0.25) is 5.91 Å². The highest BCUT2D eigenvalue weighted by molar-refractivity contribution is 5.85. The molecular formula is C32H43N3O10. The number of esters is 1. The molecule has 2 aromatic rings. The first kappa shape index (κ1) is 33.8. The van der Waals surface area contributed by atoms with Gasteiger partial charge in [-0.15, -0.1) is 10.1 Å². The Morgan fingerprint density at radius 3 is 2.60 bits per heavy atom. The number of amides is 1. The highest BCUT2D eigenvalue weighted by Crippen LogP contribution is 2.37. The van der Waals surface area contributed by atoms with E-state index in [0.29, 0.717) is 19.0 Å². The number of methoxy groups -OCH3 is 2. The Bertz CT molecular complexity index is 1270. The van der Waals surface area contributed by atoms with E-state index in [1.807, 2.05) is 36.4 Å². The zero-order valence-electron chi connectivity index (χ0n) is 26.2. The van der Waals surface area contributed by atoms with Gasteiger partial charge in [-0.1, -0.05) is 18.2 Å². The van der Waals surface area contributed by atoms with Crippen LogP contribution in [-0.2, 0) is 35.2 Å². The summed E-state index contributed by atoms with van der Waals surface area (Å²) < 4.78 is 28.4. The number of fused-ring (bicyclic) bond motifs is 1. The standard InChI is InChI=1S/C32H43N3O10/c1-4-42-32(37)28-20-26(24-9-11-25(41-3)12-10-24)30(21-34(28)31(36)7-5-17-45-35(38)39)44-22-23-8-13-29-27(19-23)33(15-18-43-29)14-6-16-40-2/h8-13,19,26,28,30H,4-7,14-18,20-22H2,1-3H3. The van der Waals surface area contributed by atoms with Gasteiger partial charge in [-0.25, -0.2) is 4.79 Å². The topological polar surface area (TPSA) is 139 Å². The van der Waals surface area contributed by atoms with Crippen LogP contribution in [0.4, 0.5) is 5.69 Å². The van der Waals surface area contributed by atoms with E-state index in [1.165, 1.54) is 4.90 Å². The maximum Gasteiger partial charge on any atom is 0.328 e. The van der Waals surface area contributed by atoms with Crippen molar-refractivity contribution in [1.82, 2.24) is 4.90 Å². The van der Waals surface area contributed by atoms with E-state index < -0.39 is 23.2 Å². The molecule has 2 aliphatic rings. The summed E-state index contributed by atoms with van der Waals surface area (Å²) in [5.74, 6) is 0.492. The van der Waals surface area contributed by atoms with Crippen LogP contribution in [0.15, 0.2) is 42.5 Å². The summed E-state index contributed by atoms with van der Waals surface area (Å²) in [4.78, 5) is 45.2. The molecule has 45 heavy (non-hydrogen) atoms. The van der Waals surface area contributed by atoms with E-state index in [0.717, 1.165) is 42.1 Å². The normalized spacial score (nSPS) is 19.3. The lowest BCUT2D eigenvalue weighted by atomic mass is 9.82. The molecule has 1 saturated heterocycles. The molecule has 0 spiro atoms. The van der Waals surface area contributed by atoms with Gasteiger partial charge in [0.1, 0.15) is 24.1 Å². The third-order valence-corrected chi connectivity index (χ3v) is 8.06. The fourth-order valence-corrected chi connectivity index (χ4v) is 5.83. The molecule has 3 atom stereocenters. The largest absolute Gasteiger partial charge is 0.497 e. The van der Waals surface area contributed by atoms with Crippen LogP contribution in [0, 0.1) is 10.1 Å². The number of nitrogens with zero attached hydrogens (tertiary/aromatic N) is 3. The van der Waals surface area contributed by atoms with Crippen molar-refractivity contribution in [2.24, 2.45) is 0 Å². The SMILES string of the molecule is CCOC(=O)C1CC(c2ccc(OC)cc2)C(OCc2ccc3c(c2)N(CCCOC)CCO3)CN1C(=O)CCCO[N+](=O)[O-]. The first-order valence-corrected chi connectivity index (χ1v) is 15.3. The Labute approximate surface area is 263 Å². The Morgan fingerprint density at radius 2 is 1.89 bits per heavy atom. The second kappa shape index (κ2) is 16.8. The molecule has 0 N–H and O–H groups in total. The molecule has 0 saturated carbocycles. The fraction of sp³-hybridized carbons (Fsp3) is 0.562.